The summed E-state index contributed by atoms with van der Waals surface area (Å²) >= 11 is 0. The zero-order chi connectivity index (χ0) is 13.2. The van der Waals surface area contributed by atoms with E-state index in [1.165, 1.54) is 12.4 Å². The Labute approximate surface area is 106 Å². The molecule has 2 rings (SSSR count). The van der Waals surface area contributed by atoms with Gasteiger partial charge in [0.05, 0.1) is 30.7 Å². The second-order valence-corrected chi connectivity index (χ2v) is 5.04. The minimum Gasteiger partial charge on any atom is -0.382 e. The van der Waals surface area contributed by atoms with Gasteiger partial charge in [0.2, 0.25) is 5.95 Å². The number of rotatable bonds is 3. The summed E-state index contributed by atoms with van der Waals surface area (Å²) < 4.78 is 23.8. The molecule has 2 heterocycles. The van der Waals surface area contributed by atoms with Gasteiger partial charge in [-0.1, -0.05) is 0 Å². The zero-order valence-corrected chi connectivity index (χ0v) is 10.9. The van der Waals surface area contributed by atoms with Crippen molar-refractivity contribution in [3.8, 4) is 0 Å². The molecule has 5 nitrogen and oxygen atoms in total. The summed E-state index contributed by atoms with van der Waals surface area (Å²) in [6.07, 6.45) is 2.32. The average Bonchev–Trinajstić information content (AvgIpc) is 2.28. The van der Waals surface area contributed by atoms with E-state index in [9.17, 15) is 4.39 Å². The first kappa shape index (κ1) is 13.2. The van der Waals surface area contributed by atoms with Gasteiger partial charge in [0, 0.05) is 20.2 Å². The highest BCUT2D eigenvalue weighted by atomic mass is 19.1. The van der Waals surface area contributed by atoms with Crippen LogP contribution in [0.2, 0.25) is 0 Å². The zero-order valence-electron chi connectivity index (χ0n) is 10.9. The van der Waals surface area contributed by atoms with E-state index < -0.39 is 5.82 Å². The molecule has 0 unspecified atom stereocenters. The first-order chi connectivity index (χ1) is 8.50. The molecule has 0 aromatic carbocycles. The Balaban J connectivity index is 2.14. The van der Waals surface area contributed by atoms with Crippen LogP contribution in [0.25, 0.3) is 0 Å². The molecule has 1 aromatic heterocycles. The molecule has 0 N–H and O–H groups in total. The van der Waals surface area contributed by atoms with Crippen molar-refractivity contribution in [3.05, 3.63) is 18.2 Å². The van der Waals surface area contributed by atoms with Gasteiger partial charge in [0.15, 0.2) is 5.82 Å². The van der Waals surface area contributed by atoms with Crippen molar-refractivity contribution in [1.82, 2.24) is 9.97 Å². The summed E-state index contributed by atoms with van der Waals surface area (Å²) in [7, 11) is 1.64. The van der Waals surface area contributed by atoms with Crippen molar-refractivity contribution in [3.63, 3.8) is 0 Å². The largest absolute Gasteiger partial charge is 0.382 e. The Kier molecular flexibility index (Phi) is 3.77. The average molecular weight is 255 g/mol. The van der Waals surface area contributed by atoms with Crippen molar-refractivity contribution in [1.29, 1.82) is 0 Å². The Hall–Kier alpha value is -1.27. The van der Waals surface area contributed by atoms with Crippen molar-refractivity contribution < 1.29 is 13.9 Å². The van der Waals surface area contributed by atoms with Gasteiger partial charge in [-0.3, -0.25) is 0 Å². The number of nitrogens with zero attached hydrogens (tertiary/aromatic N) is 3. The van der Waals surface area contributed by atoms with Crippen LogP contribution in [0.15, 0.2) is 12.4 Å². The Morgan fingerprint density at radius 3 is 2.78 bits per heavy atom. The van der Waals surface area contributed by atoms with Gasteiger partial charge in [0.25, 0.3) is 0 Å². The predicted octanol–water partition coefficient (Wildman–Crippen LogP) is 1.25. The normalized spacial score (nSPS) is 23.1. The summed E-state index contributed by atoms with van der Waals surface area (Å²) in [6.45, 7) is 5.83. The number of halogens is 1. The van der Waals surface area contributed by atoms with Crippen LogP contribution in [0.4, 0.5) is 10.3 Å². The van der Waals surface area contributed by atoms with E-state index >= 15 is 0 Å². The van der Waals surface area contributed by atoms with E-state index in [0.29, 0.717) is 25.6 Å². The second kappa shape index (κ2) is 5.16. The highest BCUT2D eigenvalue weighted by Gasteiger charge is 2.34. The van der Waals surface area contributed by atoms with Crippen molar-refractivity contribution in [2.45, 2.75) is 25.6 Å². The minimum absolute atomic E-state index is 0.0348. The van der Waals surface area contributed by atoms with Crippen LogP contribution in [0.1, 0.15) is 13.8 Å². The van der Waals surface area contributed by atoms with E-state index in [2.05, 4.69) is 9.97 Å². The topological polar surface area (TPSA) is 47.5 Å². The van der Waals surface area contributed by atoms with E-state index in [0.717, 1.165) is 0 Å². The summed E-state index contributed by atoms with van der Waals surface area (Å²) in [5.74, 6) is 0.0913. The summed E-state index contributed by atoms with van der Waals surface area (Å²) in [6, 6.07) is 0. The first-order valence-electron chi connectivity index (χ1n) is 5.89. The number of hydrogen-bond donors (Lipinski definition) is 0. The molecule has 0 amide bonds. The lowest BCUT2D eigenvalue weighted by Gasteiger charge is -2.42. The third-order valence-electron chi connectivity index (χ3n) is 2.72. The first-order valence-corrected chi connectivity index (χ1v) is 5.89. The molecule has 1 aliphatic rings. The maximum atomic E-state index is 12.8. The third-order valence-corrected chi connectivity index (χ3v) is 2.72. The van der Waals surface area contributed by atoms with Crippen molar-refractivity contribution in [2.75, 3.05) is 31.7 Å². The molecule has 1 aromatic rings. The maximum absolute atomic E-state index is 12.8. The quantitative estimate of drug-likeness (QED) is 0.813. The van der Waals surface area contributed by atoms with Gasteiger partial charge in [-0.15, -0.1) is 0 Å². The molecule has 6 heteroatoms. The molecule has 1 fully saturated rings. The number of methoxy groups -OCH3 is 1. The summed E-state index contributed by atoms with van der Waals surface area (Å²) in [5, 5.41) is 0. The van der Waals surface area contributed by atoms with Crippen LogP contribution in [0.3, 0.4) is 0 Å². The fourth-order valence-corrected chi connectivity index (χ4v) is 2.19. The molecule has 100 valence electrons. The third kappa shape index (κ3) is 3.14. The van der Waals surface area contributed by atoms with Crippen LogP contribution in [-0.4, -0.2) is 48.5 Å². The molecule has 0 saturated carbocycles. The van der Waals surface area contributed by atoms with E-state index in [1.807, 2.05) is 18.7 Å². The molecule has 1 aliphatic heterocycles. The smallest absolute Gasteiger partial charge is 0.225 e. The number of ether oxygens (including phenoxy) is 2. The molecule has 0 aliphatic carbocycles. The molecule has 1 atom stereocenters. The molecule has 0 radical (unpaired) electrons. The summed E-state index contributed by atoms with van der Waals surface area (Å²) in [4.78, 5) is 10.0. The van der Waals surface area contributed by atoms with Gasteiger partial charge in [0.1, 0.15) is 0 Å². The highest BCUT2D eigenvalue weighted by Crippen LogP contribution is 2.23. The molecular weight excluding hydrogens is 237 g/mol. The molecule has 1 saturated heterocycles. The molecule has 0 bridgehead atoms. The fourth-order valence-electron chi connectivity index (χ4n) is 2.19. The van der Waals surface area contributed by atoms with Crippen molar-refractivity contribution in [2.24, 2.45) is 0 Å². The standard InChI is InChI=1S/C12H18FN3O2/c1-12(2)8-16(6-10(18-12)7-17-3)11-14-4-9(13)5-15-11/h4-5,10H,6-8H2,1-3H3/t10-/m0/s1. The Bertz CT molecular complexity index is 397. The monoisotopic (exact) mass is 255 g/mol. The molecule has 0 spiro atoms. The predicted molar refractivity (Wildman–Crippen MR) is 65.0 cm³/mol. The number of hydrogen-bond acceptors (Lipinski definition) is 5. The van der Waals surface area contributed by atoms with Gasteiger partial charge in [-0.2, -0.15) is 0 Å². The van der Waals surface area contributed by atoms with Crippen LogP contribution < -0.4 is 4.90 Å². The van der Waals surface area contributed by atoms with Crippen molar-refractivity contribution >= 4 is 5.95 Å². The SMILES string of the molecule is COC[C@@H]1CN(c2ncc(F)cn2)CC(C)(C)O1. The lowest BCUT2D eigenvalue weighted by molar-refractivity contribution is -0.106. The second-order valence-electron chi connectivity index (χ2n) is 5.04. The van der Waals surface area contributed by atoms with Gasteiger partial charge in [-0.25, -0.2) is 14.4 Å². The molecular formula is C12H18FN3O2. The van der Waals surface area contributed by atoms with E-state index in [4.69, 9.17) is 9.47 Å². The van der Waals surface area contributed by atoms with Crippen LogP contribution in [0, 0.1) is 5.82 Å². The number of anilines is 1. The fraction of sp³-hybridized carbons (Fsp3) is 0.667. The Morgan fingerprint density at radius 1 is 1.50 bits per heavy atom. The van der Waals surface area contributed by atoms with Crippen LogP contribution in [-0.2, 0) is 9.47 Å². The summed E-state index contributed by atoms with van der Waals surface area (Å²) in [5.41, 5.74) is -0.306. The van der Waals surface area contributed by atoms with Gasteiger partial charge >= 0.3 is 0 Å². The molecule has 18 heavy (non-hydrogen) atoms. The maximum Gasteiger partial charge on any atom is 0.225 e. The van der Waals surface area contributed by atoms with E-state index in [-0.39, 0.29) is 11.7 Å². The lowest BCUT2D eigenvalue weighted by atomic mass is 10.1. The van der Waals surface area contributed by atoms with E-state index in [1.54, 1.807) is 7.11 Å². The number of morpholine rings is 1. The minimum atomic E-state index is -0.431. The van der Waals surface area contributed by atoms with Crippen LogP contribution in [0.5, 0.6) is 0 Å². The number of aromatic nitrogens is 2. The Morgan fingerprint density at radius 2 is 2.17 bits per heavy atom. The van der Waals surface area contributed by atoms with Gasteiger partial charge < -0.3 is 14.4 Å². The lowest BCUT2D eigenvalue weighted by Crippen LogP contribution is -2.54. The highest BCUT2D eigenvalue weighted by molar-refractivity contribution is 5.30. The van der Waals surface area contributed by atoms with Crippen LogP contribution >= 0.6 is 0 Å². The van der Waals surface area contributed by atoms with Gasteiger partial charge in [-0.05, 0) is 13.8 Å².